The number of hydrogen-bond donors (Lipinski definition) is 1. The van der Waals surface area contributed by atoms with Crippen molar-refractivity contribution in [1.82, 2.24) is 0 Å². The van der Waals surface area contributed by atoms with E-state index in [-0.39, 0.29) is 13.2 Å². The average molecular weight is 439 g/mol. The van der Waals surface area contributed by atoms with Gasteiger partial charge in [0, 0.05) is 9.26 Å². The Balaban J connectivity index is 1.49. The number of benzene rings is 2. The van der Waals surface area contributed by atoms with E-state index in [9.17, 15) is 9.59 Å². The monoisotopic (exact) mass is 439 g/mol. The number of ether oxygens (including phenoxy) is 3. The summed E-state index contributed by atoms with van der Waals surface area (Å²) in [6.45, 7) is -0.332. The van der Waals surface area contributed by atoms with Crippen molar-refractivity contribution in [2.24, 2.45) is 0 Å². The predicted molar refractivity (Wildman–Crippen MR) is 95.1 cm³/mol. The molecule has 24 heavy (non-hydrogen) atoms. The molecule has 0 saturated carbocycles. The first-order chi connectivity index (χ1) is 11.6. The van der Waals surface area contributed by atoms with Gasteiger partial charge in [0.05, 0.1) is 0 Å². The molecule has 1 N–H and O–H groups in total. The van der Waals surface area contributed by atoms with Gasteiger partial charge >= 0.3 is 5.97 Å². The number of hydrogen-bond acceptors (Lipinski definition) is 5. The topological polar surface area (TPSA) is 73.9 Å². The van der Waals surface area contributed by atoms with E-state index in [1.165, 1.54) is 0 Å². The Morgan fingerprint density at radius 2 is 1.83 bits per heavy atom. The zero-order valence-corrected chi connectivity index (χ0v) is 14.7. The molecule has 0 spiro atoms. The van der Waals surface area contributed by atoms with Gasteiger partial charge in [-0.3, -0.25) is 4.79 Å². The van der Waals surface area contributed by atoms with E-state index in [0.717, 1.165) is 3.57 Å². The van der Waals surface area contributed by atoms with Gasteiger partial charge in [0.25, 0.3) is 5.91 Å². The number of carbonyl (C=O) groups excluding carboxylic acids is 2. The molecule has 0 bridgehead atoms. The number of anilines is 1. The molecule has 0 aromatic heterocycles. The number of para-hydroxylation sites is 2. The Labute approximate surface area is 152 Å². The minimum Gasteiger partial charge on any atom is -0.485 e. The highest BCUT2D eigenvalue weighted by Crippen LogP contribution is 2.31. The van der Waals surface area contributed by atoms with Crippen molar-refractivity contribution in [1.29, 1.82) is 0 Å². The number of rotatable bonds is 4. The van der Waals surface area contributed by atoms with Crippen molar-refractivity contribution in [3.8, 4) is 11.5 Å². The van der Waals surface area contributed by atoms with E-state index in [4.69, 9.17) is 14.2 Å². The SMILES string of the molecule is O=C(COC(=O)C1COc2ccccc2O1)Nc1ccc(I)cc1. The third kappa shape index (κ3) is 4.16. The van der Waals surface area contributed by atoms with Crippen LogP contribution >= 0.6 is 22.6 Å². The summed E-state index contributed by atoms with van der Waals surface area (Å²) in [5.41, 5.74) is 0.641. The molecular weight excluding hydrogens is 425 g/mol. The van der Waals surface area contributed by atoms with Crippen LogP contribution in [0.2, 0.25) is 0 Å². The maximum atomic E-state index is 12.0. The quantitative estimate of drug-likeness (QED) is 0.586. The van der Waals surface area contributed by atoms with Crippen molar-refractivity contribution < 1.29 is 23.8 Å². The third-order valence-electron chi connectivity index (χ3n) is 3.24. The number of esters is 1. The lowest BCUT2D eigenvalue weighted by Crippen LogP contribution is -2.39. The molecule has 1 aliphatic rings. The lowest BCUT2D eigenvalue weighted by molar-refractivity contribution is -0.156. The van der Waals surface area contributed by atoms with Gasteiger partial charge in [-0.2, -0.15) is 0 Å². The molecule has 1 aliphatic heterocycles. The standard InChI is InChI=1S/C17H14INO5/c18-11-5-7-12(8-6-11)19-16(20)10-23-17(21)15-9-22-13-3-1-2-4-14(13)24-15/h1-8,15H,9-10H2,(H,19,20). The molecule has 7 heteroatoms. The number of fused-ring (bicyclic) bond motifs is 1. The lowest BCUT2D eigenvalue weighted by atomic mass is 10.2. The summed E-state index contributed by atoms with van der Waals surface area (Å²) in [6.07, 6.45) is -0.883. The molecule has 3 rings (SSSR count). The highest BCUT2D eigenvalue weighted by Gasteiger charge is 2.29. The Morgan fingerprint density at radius 1 is 1.12 bits per heavy atom. The molecule has 124 valence electrons. The zero-order chi connectivity index (χ0) is 16.9. The average Bonchev–Trinajstić information content (AvgIpc) is 2.61. The summed E-state index contributed by atoms with van der Waals surface area (Å²) in [7, 11) is 0. The molecule has 2 aromatic carbocycles. The van der Waals surface area contributed by atoms with Gasteiger partial charge in [0.1, 0.15) is 6.61 Å². The lowest BCUT2D eigenvalue weighted by Gasteiger charge is -2.24. The molecule has 1 atom stereocenters. The van der Waals surface area contributed by atoms with Crippen LogP contribution in [0.4, 0.5) is 5.69 Å². The zero-order valence-electron chi connectivity index (χ0n) is 12.5. The summed E-state index contributed by atoms with van der Waals surface area (Å²) in [5.74, 6) is 0.0102. The fourth-order valence-corrected chi connectivity index (χ4v) is 2.46. The van der Waals surface area contributed by atoms with E-state index in [1.54, 1.807) is 30.3 Å². The van der Waals surface area contributed by atoms with Crippen LogP contribution in [0, 0.1) is 3.57 Å². The minimum atomic E-state index is -0.883. The van der Waals surface area contributed by atoms with Gasteiger partial charge in [-0.15, -0.1) is 0 Å². The normalized spacial score (nSPS) is 15.5. The Kier molecular flexibility index (Phi) is 5.19. The molecule has 6 nitrogen and oxygen atoms in total. The second-order valence-electron chi connectivity index (χ2n) is 5.03. The van der Waals surface area contributed by atoms with Crippen molar-refractivity contribution in [2.75, 3.05) is 18.5 Å². The molecule has 1 unspecified atom stereocenters. The first kappa shape index (κ1) is 16.6. The second kappa shape index (κ2) is 7.52. The van der Waals surface area contributed by atoms with Gasteiger partial charge in [-0.1, -0.05) is 12.1 Å². The Hall–Kier alpha value is -2.29. The summed E-state index contributed by atoms with van der Waals surface area (Å²) < 4.78 is 17.0. The van der Waals surface area contributed by atoms with Crippen LogP contribution in [0.3, 0.4) is 0 Å². The van der Waals surface area contributed by atoms with Crippen molar-refractivity contribution in [3.05, 3.63) is 52.1 Å². The molecule has 0 fully saturated rings. The summed E-state index contributed by atoms with van der Waals surface area (Å²) >= 11 is 2.17. The van der Waals surface area contributed by atoms with E-state index in [2.05, 4.69) is 27.9 Å². The molecular formula is C17H14INO5. The van der Waals surface area contributed by atoms with Crippen LogP contribution in [0.15, 0.2) is 48.5 Å². The third-order valence-corrected chi connectivity index (χ3v) is 3.96. The Bertz CT molecular complexity index is 747. The maximum Gasteiger partial charge on any atom is 0.351 e. The van der Waals surface area contributed by atoms with Crippen molar-refractivity contribution in [3.63, 3.8) is 0 Å². The van der Waals surface area contributed by atoms with Crippen LogP contribution in [0.5, 0.6) is 11.5 Å². The number of nitrogens with one attached hydrogen (secondary N) is 1. The first-order valence-electron chi connectivity index (χ1n) is 7.22. The van der Waals surface area contributed by atoms with Gasteiger partial charge < -0.3 is 19.5 Å². The van der Waals surface area contributed by atoms with E-state index in [1.807, 2.05) is 18.2 Å². The number of amides is 1. The van der Waals surface area contributed by atoms with E-state index in [0.29, 0.717) is 17.2 Å². The molecule has 1 amide bonds. The molecule has 1 heterocycles. The number of carbonyl (C=O) groups is 2. The van der Waals surface area contributed by atoms with Gasteiger partial charge in [-0.25, -0.2) is 4.79 Å². The maximum absolute atomic E-state index is 12.0. The fourth-order valence-electron chi connectivity index (χ4n) is 2.10. The highest BCUT2D eigenvalue weighted by atomic mass is 127. The van der Waals surface area contributed by atoms with E-state index >= 15 is 0 Å². The van der Waals surface area contributed by atoms with Crippen LogP contribution in [0.1, 0.15) is 0 Å². The molecule has 0 aliphatic carbocycles. The molecule has 0 radical (unpaired) electrons. The smallest absolute Gasteiger partial charge is 0.351 e. The fraction of sp³-hybridized carbons (Fsp3) is 0.176. The first-order valence-corrected chi connectivity index (χ1v) is 8.30. The summed E-state index contributed by atoms with van der Waals surface area (Å²) in [5, 5.41) is 2.65. The van der Waals surface area contributed by atoms with Gasteiger partial charge in [0.15, 0.2) is 18.1 Å². The highest BCUT2D eigenvalue weighted by molar-refractivity contribution is 14.1. The largest absolute Gasteiger partial charge is 0.485 e. The molecule has 0 saturated heterocycles. The molecule has 2 aromatic rings. The number of halogens is 1. The van der Waals surface area contributed by atoms with Crippen LogP contribution in [-0.2, 0) is 14.3 Å². The van der Waals surface area contributed by atoms with Crippen molar-refractivity contribution >= 4 is 40.2 Å². The van der Waals surface area contributed by atoms with Gasteiger partial charge in [-0.05, 0) is 59.0 Å². The van der Waals surface area contributed by atoms with Crippen LogP contribution in [0.25, 0.3) is 0 Å². The second-order valence-corrected chi connectivity index (χ2v) is 6.27. The van der Waals surface area contributed by atoms with Crippen molar-refractivity contribution in [2.45, 2.75) is 6.10 Å². The predicted octanol–water partition coefficient (Wildman–Crippen LogP) is 2.61. The van der Waals surface area contributed by atoms with Crippen LogP contribution < -0.4 is 14.8 Å². The summed E-state index contributed by atoms with van der Waals surface area (Å²) in [4.78, 5) is 23.8. The minimum absolute atomic E-state index is 0.0502. The Morgan fingerprint density at radius 3 is 2.58 bits per heavy atom. The van der Waals surface area contributed by atoms with Crippen LogP contribution in [-0.4, -0.2) is 31.2 Å². The summed E-state index contributed by atoms with van der Waals surface area (Å²) in [6, 6.07) is 14.3. The van der Waals surface area contributed by atoms with E-state index < -0.39 is 18.0 Å². The van der Waals surface area contributed by atoms with Gasteiger partial charge in [0.2, 0.25) is 6.10 Å².